The van der Waals surface area contributed by atoms with Crippen molar-refractivity contribution < 1.29 is 31.2 Å². The van der Waals surface area contributed by atoms with E-state index in [1.54, 1.807) is 13.0 Å². The van der Waals surface area contributed by atoms with Gasteiger partial charge < -0.3 is 15.1 Å². The van der Waals surface area contributed by atoms with Gasteiger partial charge in [0.05, 0.1) is 22.0 Å². The first-order chi connectivity index (χ1) is 17.4. The third-order valence-corrected chi connectivity index (χ3v) is 9.28. The molecule has 0 aliphatic carbocycles. The Balaban J connectivity index is 1.68. The smallest absolute Gasteiger partial charge is 0.353 e. The fourth-order valence-electron chi connectivity index (χ4n) is 4.69. The summed E-state index contributed by atoms with van der Waals surface area (Å²) in [6, 6.07) is 7.10. The summed E-state index contributed by atoms with van der Waals surface area (Å²) in [4.78, 5) is 31.7. The van der Waals surface area contributed by atoms with Gasteiger partial charge >= 0.3 is 12.2 Å². The number of rotatable bonds is 6. The van der Waals surface area contributed by atoms with Crippen molar-refractivity contribution in [3.8, 4) is 0 Å². The molecular weight excluding hydrogens is 535 g/mol. The molecule has 37 heavy (non-hydrogen) atoms. The van der Waals surface area contributed by atoms with Crippen LogP contribution in [0.2, 0.25) is 5.02 Å². The first-order valence-corrected chi connectivity index (χ1v) is 13.4. The molecule has 1 atom stereocenters. The number of carbonyl (C=O) groups is 2. The van der Waals surface area contributed by atoms with Crippen LogP contribution in [-0.2, 0) is 20.8 Å². The first kappa shape index (κ1) is 27.0. The van der Waals surface area contributed by atoms with Crippen molar-refractivity contribution in [2.45, 2.75) is 29.3 Å². The Labute approximate surface area is 217 Å². The predicted molar refractivity (Wildman–Crippen MR) is 130 cm³/mol. The number of piperazine rings is 1. The highest BCUT2D eigenvalue weighted by atomic mass is 35.5. The molecule has 4 rings (SSSR count). The number of urea groups is 1. The standard InChI is InChI=1S/C23H25ClF3N5O4S/c1-2-10-32-21(34)29-15-22(32,37(35,36)18-8-4-3-7-17(18)24)20(33)31-13-11-30(12-14-31)19-16(23(25,26)27)6-5-9-28-19/h3-9H,2,10-15H2,1H3,(H,29,34)/t22-/m0/s1. The summed E-state index contributed by atoms with van der Waals surface area (Å²) in [5, 5.41) is 2.40. The highest BCUT2D eigenvalue weighted by Crippen LogP contribution is 2.39. The van der Waals surface area contributed by atoms with Crippen LogP contribution >= 0.6 is 11.6 Å². The molecule has 1 aromatic carbocycles. The van der Waals surface area contributed by atoms with Gasteiger partial charge in [0.15, 0.2) is 0 Å². The lowest BCUT2D eigenvalue weighted by Crippen LogP contribution is -2.65. The summed E-state index contributed by atoms with van der Waals surface area (Å²) in [6.45, 7) is 1.08. The van der Waals surface area contributed by atoms with E-state index < -0.39 is 44.9 Å². The van der Waals surface area contributed by atoms with Crippen LogP contribution in [0, 0.1) is 0 Å². The summed E-state index contributed by atoms with van der Waals surface area (Å²) in [5.74, 6) is -1.10. The molecule has 2 aromatic rings. The predicted octanol–water partition coefficient (Wildman–Crippen LogP) is 3.01. The third-order valence-electron chi connectivity index (χ3n) is 6.47. The number of pyridine rings is 1. The molecule has 2 aliphatic rings. The van der Waals surface area contributed by atoms with E-state index >= 15 is 0 Å². The highest BCUT2D eigenvalue weighted by Gasteiger charge is 2.63. The number of amides is 3. The topological polar surface area (TPSA) is 103 Å². The van der Waals surface area contributed by atoms with Crippen molar-refractivity contribution in [3.05, 3.63) is 53.2 Å². The normalized spacial score (nSPS) is 20.8. The molecule has 2 fully saturated rings. The van der Waals surface area contributed by atoms with Crippen LogP contribution in [0.3, 0.4) is 0 Å². The van der Waals surface area contributed by atoms with E-state index in [-0.39, 0.29) is 48.5 Å². The minimum absolute atomic E-state index is 0.00982. The second kappa shape index (κ2) is 10.0. The van der Waals surface area contributed by atoms with Gasteiger partial charge in [0.2, 0.25) is 14.7 Å². The molecule has 0 saturated carbocycles. The molecule has 3 heterocycles. The number of alkyl halides is 3. The quantitative estimate of drug-likeness (QED) is 0.584. The van der Waals surface area contributed by atoms with Crippen LogP contribution in [0.25, 0.3) is 0 Å². The molecule has 0 radical (unpaired) electrons. The van der Waals surface area contributed by atoms with E-state index in [2.05, 4.69) is 10.3 Å². The first-order valence-electron chi connectivity index (χ1n) is 11.6. The molecular formula is C23H25ClF3N5O4S. The van der Waals surface area contributed by atoms with Gasteiger partial charge in [-0.05, 0) is 30.7 Å². The van der Waals surface area contributed by atoms with Gasteiger partial charge in [0.1, 0.15) is 5.82 Å². The molecule has 9 nitrogen and oxygen atoms in total. The van der Waals surface area contributed by atoms with Crippen LogP contribution in [0.15, 0.2) is 47.5 Å². The molecule has 0 unspecified atom stereocenters. The lowest BCUT2D eigenvalue weighted by atomic mass is 10.1. The van der Waals surface area contributed by atoms with Crippen molar-refractivity contribution in [1.29, 1.82) is 0 Å². The summed E-state index contributed by atoms with van der Waals surface area (Å²) in [7, 11) is -4.53. The van der Waals surface area contributed by atoms with Gasteiger partial charge in [-0.15, -0.1) is 0 Å². The van der Waals surface area contributed by atoms with Gasteiger partial charge in [-0.3, -0.25) is 9.69 Å². The molecule has 0 spiro atoms. The number of aromatic nitrogens is 1. The maximum Gasteiger partial charge on any atom is 0.419 e. The number of nitrogens with zero attached hydrogens (tertiary/aromatic N) is 4. The molecule has 2 saturated heterocycles. The van der Waals surface area contributed by atoms with Gasteiger partial charge in [-0.2, -0.15) is 13.2 Å². The van der Waals surface area contributed by atoms with Gasteiger partial charge in [0, 0.05) is 38.9 Å². The van der Waals surface area contributed by atoms with Gasteiger partial charge in [0.25, 0.3) is 5.91 Å². The molecule has 0 bridgehead atoms. The largest absolute Gasteiger partial charge is 0.419 e. The number of sulfone groups is 1. The summed E-state index contributed by atoms with van der Waals surface area (Å²) < 4.78 is 68.5. The van der Waals surface area contributed by atoms with Crippen LogP contribution < -0.4 is 10.2 Å². The molecule has 2 aliphatic heterocycles. The average Bonchev–Trinajstić information content (AvgIpc) is 3.21. The lowest BCUT2D eigenvalue weighted by Gasteiger charge is -2.42. The van der Waals surface area contributed by atoms with E-state index in [0.717, 1.165) is 11.0 Å². The minimum Gasteiger partial charge on any atom is -0.353 e. The molecule has 1 aromatic heterocycles. The van der Waals surface area contributed by atoms with E-state index in [4.69, 9.17) is 11.6 Å². The Morgan fingerprint density at radius 2 is 1.81 bits per heavy atom. The third kappa shape index (κ3) is 4.58. The summed E-state index contributed by atoms with van der Waals surface area (Å²) >= 11 is 6.21. The maximum absolute atomic E-state index is 14.0. The van der Waals surface area contributed by atoms with E-state index in [1.807, 2.05) is 0 Å². The zero-order valence-corrected chi connectivity index (χ0v) is 21.4. The Morgan fingerprint density at radius 3 is 2.43 bits per heavy atom. The average molecular weight is 560 g/mol. The molecule has 200 valence electrons. The zero-order chi connectivity index (χ0) is 27.0. The zero-order valence-electron chi connectivity index (χ0n) is 19.8. The Hall–Kier alpha value is -3.06. The number of hydrogen-bond donors (Lipinski definition) is 1. The summed E-state index contributed by atoms with van der Waals surface area (Å²) in [5.41, 5.74) is -0.896. The SMILES string of the molecule is CCCN1C(=O)NC[C@@]1(C(=O)N1CCN(c2ncccc2C(F)(F)F)CC1)S(=O)(=O)c1ccccc1Cl. The second-order valence-electron chi connectivity index (χ2n) is 8.68. The monoisotopic (exact) mass is 559 g/mol. The van der Waals surface area contributed by atoms with Crippen LogP contribution in [0.5, 0.6) is 0 Å². The van der Waals surface area contributed by atoms with Crippen molar-refractivity contribution in [2.24, 2.45) is 0 Å². The fraction of sp³-hybridized carbons (Fsp3) is 0.435. The second-order valence-corrected chi connectivity index (χ2v) is 11.2. The number of anilines is 1. The van der Waals surface area contributed by atoms with Crippen molar-refractivity contribution in [1.82, 2.24) is 20.1 Å². The minimum atomic E-state index is -4.61. The number of hydrogen-bond acceptors (Lipinski definition) is 6. The van der Waals surface area contributed by atoms with Crippen molar-refractivity contribution >= 4 is 39.2 Å². The Morgan fingerprint density at radius 1 is 1.14 bits per heavy atom. The van der Waals surface area contributed by atoms with Gasteiger partial charge in [-0.25, -0.2) is 18.2 Å². The van der Waals surface area contributed by atoms with Crippen molar-refractivity contribution in [3.63, 3.8) is 0 Å². The molecule has 1 N–H and O–H groups in total. The highest BCUT2D eigenvalue weighted by molar-refractivity contribution is 7.93. The van der Waals surface area contributed by atoms with E-state index in [1.165, 1.54) is 40.3 Å². The summed E-state index contributed by atoms with van der Waals surface area (Å²) in [6.07, 6.45) is -2.97. The van der Waals surface area contributed by atoms with Crippen LogP contribution in [0.1, 0.15) is 18.9 Å². The number of benzene rings is 1. The fourth-order valence-corrected chi connectivity index (χ4v) is 7.16. The number of carbonyl (C=O) groups excluding carboxylic acids is 2. The molecule has 3 amide bonds. The van der Waals surface area contributed by atoms with Crippen molar-refractivity contribution in [2.75, 3.05) is 44.2 Å². The van der Waals surface area contributed by atoms with Crippen LogP contribution in [-0.4, -0.2) is 79.3 Å². The molecule has 14 heteroatoms. The number of halogens is 4. The van der Waals surface area contributed by atoms with E-state index in [9.17, 15) is 31.2 Å². The maximum atomic E-state index is 14.0. The number of nitrogens with one attached hydrogen (secondary N) is 1. The Bertz CT molecular complexity index is 1300. The van der Waals surface area contributed by atoms with E-state index in [0.29, 0.717) is 6.42 Å². The van der Waals surface area contributed by atoms with Crippen LogP contribution in [0.4, 0.5) is 23.8 Å². The lowest BCUT2D eigenvalue weighted by molar-refractivity contribution is -0.139. The van der Waals surface area contributed by atoms with Gasteiger partial charge in [-0.1, -0.05) is 30.7 Å². The Kier molecular flexibility index (Phi) is 7.30.